The maximum atomic E-state index is 13.4. The standard InChI is InChI=1S/C15H8Cl2F2N2S/c16-10-6-9(21-15-20-3-4-22-15)7-11(17)14(10)8-1-2-12(18)13(19)5-8/h1-7H,(H,20,21). The van der Waals surface area contributed by atoms with Crippen molar-refractivity contribution in [3.8, 4) is 11.1 Å². The van der Waals surface area contributed by atoms with Crippen LogP contribution in [0.3, 0.4) is 0 Å². The Labute approximate surface area is 139 Å². The summed E-state index contributed by atoms with van der Waals surface area (Å²) in [5, 5.41) is 6.27. The van der Waals surface area contributed by atoms with Gasteiger partial charge in [-0.1, -0.05) is 29.3 Å². The van der Waals surface area contributed by atoms with Crippen LogP contribution in [0.1, 0.15) is 0 Å². The third-order valence-electron chi connectivity index (χ3n) is 2.93. The molecule has 0 unspecified atom stereocenters. The van der Waals surface area contributed by atoms with E-state index in [0.717, 1.165) is 12.1 Å². The van der Waals surface area contributed by atoms with Crippen molar-refractivity contribution in [3.63, 3.8) is 0 Å². The Morgan fingerprint density at radius 1 is 1.00 bits per heavy atom. The average Bonchev–Trinajstić information content (AvgIpc) is 2.95. The highest BCUT2D eigenvalue weighted by molar-refractivity contribution is 7.13. The zero-order valence-electron chi connectivity index (χ0n) is 10.9. The van der Waals surface area contributed by atoms with E-state index in [1.165, 1.54) is 17.4 Å². The Morgan fingerprint density at radius 2 is 1.73 bits per heavy atom. The van der Waals surface area contributed by atoms with Gasteiger partial charge in [0.1, 0.15) is 0 Å². The third-order valence-corrected chi connectivity index (χ3v) is 4.22. The molecule has 0 bridgehead atoms. The third kappa shape index (κ3) is 3.06. The zero-order valence-corrected chi connectivity index (χ0v) is 13.2. The molecule has 0 saturated carbocycles. The predicted molar refractivity (Wildman–Crippen MR) is 87.2 cm³/mol. The highest BCUT2D eigenvalue weighted by Crippen LogP contribution is 2.38. The number of anilines is 2. The molecule has 3 rings (SSSR count). The van der Waals surface area contributed by atoms with Crippen molar-refractivity contribution in [1.82, 2.24) is 4.98 Å². The van der Waals surface area contributed by atoms with Crippen LogP contribution < -0.4 is 5.32 Å². The van der Waals surface area contributed by atoms with Gasteiger partial charge >= 0.3 is 0 Å². The SMILES string of the molecule is Fc1ccc(-c2c(Cl)cc(Nc3nccs3)cc2Cl)cc1F. The fraction of sp³-hybridized carbons (Fsp3) is 0. The van der Waals surface area contributed by atoms with Crippen LogP contribution in [0.5, 0.6) is 0 Å². The second kappa shape index (κ2) is 6.20. The number of thiazole rings is 1. The first-order valence-corrected chi connectivity index (χ1v) is 7.79. The number of benzene rings is 2. The van der Waals surface area contributed by atoms with Crippen LogP contribution in [0.25, 0.3) is 11.1 Å². The van der Waals surface area contributed by atoms with E-state index in [1.54, 1.807) is 18.3 Å². The largest absolute Gasteiger partial charge is 0.331 e. The van der Waals surface area contributed by atoms with Crippen molar-refractivity contribution in [2.75, 3.05) is 5.32 Å². The van der Waals surface area contributed by atoms with E-state index in [-0.39, 0.29) is 0 Å². The van der Waals surface area contributed by atoms with Crippen molar-refractivity contribution in [2.45, 2.75) is 0 Å². The number of halogens is 4. The molecule has 1 N–H and O–H groups in total. The van der Waals surface area contributed by atoms with Gasteiger partial charge in [0.2, 0.25) is 0 Å². The molecular formula is C15H8Cl2F2N2S. The summed E-state index contributed by atoms with van der Waals surface area (Å²) in [6.45, 7) is 0. The number of aromatic nitrogens is 1. The van der Waals surface area contributed by atoms with Gasteiger partial charge in [-0.25, -0.2) is 13.8 Å². The fourth-order valence-electron chi connectivity index (χ4n) is 1.98. The van der Waals surface area contributed by atoms with Crippen LogP contribution in [-0.2, 0) is 0 Å². The molecule has 0 saturated heterocycles. The Bertz CT molecular complexity index is 799. The van der Waals surface area contributed by atoms with E-state index < -0.39 is 11.6 Å². The number of hydrogen-bond acceptors (Lipinski definition) is 3. The van der Waals surface area contributed by atoms with Crippen molar-refractivity contribution in [3.05, 3.63) is 63.6 Å². The van der Waals surface area contributed by atoms with Crippen LogP contribution >= 0.6 is 34.5 Å². The van der Waals surface area contributed by atoms with Crippen LogP contribution in [-0.4, -0.2) is 4.98 Å². The first-order chi connectivity index (χ1) is 10.5. The second-order valence-electron chi connectivity index (χ2n) is 4.41. The average molecular weight is 357 g/mol. The molecule has 2 aromatic carbocycles. The van der Waals surface area contributed by atoms with Crippen LogP contribution in [0, 0.1) is 11.6 Å². The van der Waals surface area contributed by atoms with Crippen molar-refractivity contribution >= 4 is 45.4 Å². The van der Waals surface area contributed by atoms with E-state index in [2.05, 4.69) is 10.3 Å². The van der Waals surface area contributed by atoms with Gasteiger partial charge in [0.05, 0.1) is 10.0 Å². The Kier molecular flexibility index (Phi) is 4.29. The summed E-state index contributed by atoms with van der Waals surface area (Å²) in [5.74, 6) is -1.87. The highest BCUT2D eigenvalue weighted by atomic mass is 35.5. The molecule has 1 aromatic heterocycles. The van der Waals surface area contributed by atoms with Gasteiger partial charge in [0.25, 0.3) is 0 Å². The molecule has 0 aliphatic rings. The first kappa shape index (κ1) is 15.2. The molecule has 0 fully saturated rings. The lowest BCUT2D eigenvalue weighted by Crippen LogP contribution is -1.92. The Balaban J connectivity index is 2.00. The van der Waals surface area contributed by atoms with Gasteiger partial charge in [0, 0.05) is 22.8 Å². The molecule has 0 spiro atoms. The Hall–Kier alpha value is -1.69. The summed E-state index contributed by atoms with van der Waals surface area (Å²) < 4.78 is 26.4. The molecule has 0 amide bonds. The summed E-state index contributed by atoms with van der Waals surface area (Å²) >= 11 is 13.9. The van der Waals surface area contributed by atoms with Gasteiger partial charge in [-0.2, -0.15) is 0 Å². The lowest BCUT2D eigenvalue weighted by molar-refractivity contribution is 0.509. The minimum absolute atomic E-state index is 0.331. The summed E-state index contributed by atoms with van der Waals surface area (Å²) in [6.07, 6.45) is 1.67. The van der Waals surface area contributed by atoms with Crippen LogP contribution in [0.4, 0.5) is 19.6 Å². The number of nitrogens with one attached hydrogen (secondary N) is 1. The molecule has 0 aliphatic heterocycles. The van der Waals surface area contributed by atoms with E-state index in [4.69, 9.17) is 23.2 Å². The highest BCUT2D eigenvalue weighted by Gasteiger charge is 2.13. The fourth-order valence-corrected chi connectivity index (χ4v) is 3.24. The quantitative estimate of drug-likeness (QED) is 0.609. The number of nitrogens with zero attached hydrogens (tertiary/aromatic N) is 1. The second-order valence-corrected chi connectivity index (χ2v) is 6.12. The monoisotopic (exact) mass is 356 g/mol. The minimum Gasteiger partial charge on any atom is -0.331 e. The topological polar surface area (TPSA) is 24.9 Å². The van der Waals surface area contributed by atoms with Crippen molar-refractivity contribution < 1.29 is 8.78 Å². The molecule has 0 radical (unpaired) electrons. The summed E-state index contributed by atoms with van der Waals surface area (Å²) in [7, 11) is 0. The van der Waals surface area contributed by atoms with Gasteiger partial charge < -0.3 is 5.32 Å². The lowest BCUT2D eigenvalue weighted by atomic mass is 10.0. The molecule has 22 heavy (non-hydrogen) atoms. The Morgan fingerprint density at radius 3 is 2.32 bits per heavy atom. The van der Waals surface area contributed by atoms with Crippen molar-refractivity contribution in [1.29, 1.82) is 0 Å². The van der Waals surface area contributed by atoms with Crippen molar-refractivity contribution in [2.24, 2.45) is 0 Å². The summed E-state index contributed by atoms with van der Waals surface area (Å²) in [4.78, 5) is 4.10. The normalized spacial score (nSPS) is 10.7. The molecular weight excluding hydrogens is 349 g/mol. The zero-order chi connectivity index (χ0) is 15.7. The van der Waals surface area contributed by atoms with Gasteiger partial charge in [-0.3, -0.25) is 0 Å². The van der Waals surface area contributed by atoms with Crippen LogP contribution in [0.15, 0.2) is 41.9 Å². The molecule has 1 heterocycles. The molecule has 2 nitrogen and oxygen atoms in total. The van der Waals surface area contributed by atoms with E-state index >= 15 is 0 Å². The summed E-state index contributed by atoms with van der Waals surface area (Å²) in [6, 6.07) is 6.85. The maximum absolute atomic E-state index is 13.4. The molecule has 0 aliphatic carbocycles. The van der Waals surface area contributed by atoms with Gasteiger partial charge in [-0.05, 0) is 29.8 Å². The molecule has 7 heteroatoms. The lowest BCUT2D eigenvalue weighted by Gasteiger charge is -2.11. The maximum Gasteiger partial charge on any atom is 0.187 e. The number of hydrogen-bond donors (Lipinski definition) is 1. The van der Waals surface area contributed by atoms with E-state index in [1.807, 2.05) is 5.38 Å². The smallest absolute Gasteiger partial charge is 0.187 e. The summed E-state index contributed by atoms with van der Waals surface area (Å²) in [5.41, 5.74) is 1.53. The molecule has 112 valence electrons. The predicted octanol–water partition coefficient (Wildman–Crippen LogP) is 6.14. The van der Waals surface area contributed by atoms with E-state index in [9.17, 15) is 8.78 Å². The minimum atomic E-state index is -0.949. The molecule has 3 aromatic rings. The van der Waals surface area contributed by atoms with Gasteiger partial charge in [0.15, 0.2) is 16.8 Å². The van der Waals surface area contributed by atoms with E-state index in [0.29, 0.717) is 32.0 Å². The van der Waals surface area contributed by atoms with Crippen LogP contribution in [0.2, 0.25) is 10.0 Å². The van der Waals surface area contributed by atoms with Gasteiger partial charge in [-0.15, -0.1) is 11.3 Å². The number of rotatable bonds is 3. The molecule has 0 atom stereocenters. The first-order valence-electron chi connectivity index (χ1n) is 6.15.